The van der Waals surface area contributed by atoms with Gasteiger partial charge in [-0.05, 0) is 71.1 Å². The number of Topliss-reactive ketones (excluding diaryl/α,β-unsaturated/α-hetero) is 3. The average molecular weight is 1800 g/mol. The predicted molar refractivity (Wildman–Crippen MR) is 439 cm³/mol. The van der Waals surface area contributed by atoms with Gasteiger partial charge in [0, 0.05) is 156 Å². The van der Waals surface area contributed by atoms with Gasteiger partial charge in [-0.3, -0.25) is 52.7 Å². The van der Waals surface area contributed by atoms with Crippen LogP contribution in [-0.4, -0.2) is 393 Å². The van der Waals surface area contributed by atoms with Gasteiger partial charge in [0.25, 0.3) is 0 Å². The highest BCUT2D eigenvalue weighted by Crippen LogP contribution is 2.29. The van der Waals surface area contributed by atoms with Crippen molar-refractivity contribution in [3.05, 3.63) is 0 Å². The molecule has 0 aromatic rings. The molecule has 3 heterocycles. The molecule has 44 nitrogen and oxygen atoms in total. The Hall–Kier alpha value is -6.68. The first kappa shape index (κ1) is 112. The molecule has 3 aliphatic heterocycles. The van der Waals surface area contributed by atoms with Gasteiger partial charge in [0.1, 0.15) is 90.4 Å². The molecule has 3 saturated heterocycles. The predicted octanol–water partition coefficient (Wildman–Crippen LogP) is -5.40. The average Bonchev–Trinajstić information content (AvgIpc) is 0.818. The van der Waals surface area contributed by atoms with Crippen molar-refractivity contribution in [3.8, 4) is 0 Å². The van der Waals surface area contributed by atoms with Crippen molar-refractivity contribution in [1.29, 1.82) is 0 Å². The standard InChI is InChI=1S/C81H143N9O35/c1-54(94)15-11-16-58(98)20-34-112-39-41-114-43-45-116-46-44-115-42-40-113-35-21-59(99)47-81(51-117-36-22-66(103)85-28-12-25-82-63(100)17-5-8-31-120-78-69(88-55(2)95)75(109)72(106)60(48-91)123-78,52-118-37-23-67(104)86-29-13-26-83-64(101)18-6-9-32-121-79-70(89-56(3)96)76(110)73(107)61(49-92)124-79)53-119-38-24-68(105)87-30-14-27-84-65(102)19-7-10-33-122-80-71(90-57(4)97)77(111)74(108)62(50-93)125-80/h60-62,69-80,91-93,106-111H,5-53H2,1-4H3,(H,82,100)(H,83,101)(H,84,102)(H,85,103)(H,86,104)(H,87,105)(H,88,95)(H,89,96)(H,90,97)/t60?,61?,62?,69?,70?,71?,72-,73-,74-,75+,76+,77+,78+,79+,80+,81?/m0/s1. The second kappa shape index (κ2) is 68.4. The van der Waals surface area contributed by atoms with E-state index in [2.05, 4.69) is 47.9 Å². The summed E-state index contributed by atoms with van der Waals surface area (Å²) in [6, 6.07) is -3.31. The molecule has 0 radical (unpaired) electrons. The third-order valence-electron chi connectivity index (χ3n) is 19.7. The zero-order valence-electron chi connectivity index (χ0n) is 72.9. The van der Waals surface area contributed by atoms with Crippen LogP contribution in [0.5, 0.6) is 0 Å². The molecule has 3 aliphatic rings. The van der Waals surface area contributed by atoms with E-state index >= 15 is 0 Å². The number of unbranched alkanes of at least 4 members (excludes halogenated alkanes) is 3. The van der Waals surface area contributed by atoms with Crippen LogP contribution >= 0.6 is 0 Å². The zero-order chi connectivity index (χ0) is 92.0. The van der Waals surface area contributed by atoms with E-state index < -0.39 is 135 Å². The molecule has 0 spiro atoms. The van der Waals surface area contributed by atoms with E-state index in [0.29, 0.717) is 103 Å². The molecule has 0 aromatic heterocycles. The minimum absolute atomic E-state index is 0.00383. The highest BCUT2D eigenvalue weighted by molar-refractivity contribution is 5.81. The second-order valence-corrected chi connectivity index (χ2v) is 30.7. The summed E-state index contributed by atoms with van der Waals surface area (Å²) in [6.45, 7) is 6.21. The van der Waals surface area contributed by atoms with E-state index in [1.165, 1.54) is 27.7 Å². The Morgan fingerprint density at radius 1 is 0.280 bits per heavy atom. The molecular weight excluding hydrogens is 1660 g/mol. The fraction of sp³-hybridized carbons (Fsp3) is 0.852. The molecule has 0 aliphatic carbocycles. The maximum Gasteiger partial charge on any atom is 0.222 e. The molecule has 0 bridgehead atoms. The lowest BCUT2D eigenvalue weighted by atomic mass is 9.84. The first-order valence-corrected chi connectivity index (χ1v) is 43.3. The number of hydrogen-bond donors (Lipinski definition) is 18. The maximum atomic E-state index is 14.0. The van der Waals surface area contributed by atoms with Crippen LogP contribution < -0.4 is 47.9 Å². The highest BCUT2D eigenvalue weighted by Gasteiger charge is 2.48. The van der Waals surface area contributed by atoms with Gasteiger partial charge in [-0.2, -0.15) is 0 Å². The molecule has 18 N–H and O–H groups in total. The largest absolute Gasteiger partial charge is 0.394 e. The normalized spacial score (nSPS) is 22.9. The summed E-state index contributed by atoms with van der Waals surface area (Å²) in [5.41, 5.74) is -1.26. The minimum atomic E-state index is -1.47. The van der Waals surface area contributed by atoms with Crippen molar-refractivity contribution in [1.82, 2.24) is 47.9 Å². The van der Waals surface area contributed by atoms with Gasteiger partial charge in [-0.15, -0.1) is 0 Å². The summed E-state index contributed by atoms with van der Waals surface area (Å²) in [7, 11) is 0. The van der Waals surface area contributed by atoms with Crippen LogP contribution in [0.4, 0.5) is 0 Å². The Kier molecular flexibility index (Phi) is 61.6. The Labute approximate surface area is 730 Å². The lowest BCUT2D eigenvalue weighted by molar-refractivity contribution is -0.270. The molecule has 44 heteroatoms. The SMILES string of the molecule is CC(=O)CCCC(=O)CCOCCOCCOCCOCCOCCC(=O)CC(COCCC(=O)NCCCNC(=O)CCCCO[C@@H]1OC(CO)[C@H](O)[C@H](O)C1NC(C)=O)(COCCC(=O)NCCCNC(=O)CCCCO[C@@H]1OC(CO)[C@H](O)[C@H](O)C1NC(C)=O)COCCC(=O)NCCCNC(=O)CCCCO[C@@H]1OC(CO)[C@H](O)[C@H](O)C1NC(C)=O. The summed E-state index contributed by atoms with van der Waals surface area (Å²) in [5, 5.41) is 115. The lowest BCUT2D eigenvalue weighted by Crippen LogP contribution is -2.64. The number of aliphatic hydroxyl groups is 9. The van der Waals surface area contributed by atoms with E-state index in [4.69, 9.17) is 66.3 Å². The van der Waals surface area contributed by atoms with Gasteiger partial charge in [0.15, 0.2) is 18.9 Å². The number of aliphatic hydroxyl groups excluding tert-OH is 9. The molecule has 0 saturated carbocycles. The summed E-state index contributed by atoms with van der Waals surface area (Å²) < 4.78 is 80.2. The van der Waals surface area contributed by atoms with Crippen molar-refractivity contribution < 1.29 is 170 Å². The molecule has 125 heavy (non-hydrogen) atoms. The number of carbonyl (C=O) groups excluding carboxylic acids is 12. The number of amides is 9. The van der Waals surface area contributed by atoms with E-state index in [1.807, 2.05) is 0 Å². The van der Waals surface area contributed by atoms with Crippen molar-refractivity contribution in [2.75, 3.05) is 185 Å². The Morgan fingerprint density at radius 2 is 0.544 bits per heavy atom. The third-order valence-corrected chi connectivity index (χ3v) is 19.7. The quantitative estimate of drug-likeness (QED) is 0.0253. The second-order valence-electron chi connectivity index (χ2n) is 30.7. The zero-order valence-corrected chi connectivity index (χ0v) is 72.9. The van der Waals surface area contributed by atoms with Crippen LogP contribution in [0.2, 0.25) is 0 Å². The molecule has 6 unspecified atom stereocenters. The first-order chi connectivity index (χ1) is 60.0. The van der Waals surface area contributed by atoms with Crippen LogP contribution in [0.1, 0.15) is 163 Å². The molecule has 3 fully saturated rings. The molecule has 3 rings (SSSR count). The molecule has 0 aromatic carbocycles. The first-order valence-electron chi connectivity index (χ1n) is 43.3. The van der Waals surface area contributed by atoms with Crippen LogP contribution in [0.3, 0.4) is 0 Å². The third kappa shape index (κ3) is 51.3. The van der Waals surface area contributed by atoms with Gasteiger partial charge in [0.2, 0.25) is 53.2 Å². The monoisotopic (exact) mass is 1800 g/mol. The summed E-state index contributed by atoms with van der Waals surface area (Å²) in [6.07, 6.45) is -11.0. The van der Waals surface area contributed by atoms with Crippen molar-refractivity contribution in [3.63, 3.8) is 0 Å². The highest BCUT2D eigenvalue weighted by atomic mass is 16.7. The van der Waals surface area contributed by atoms with Crippen molar-refractivity contribution in [2.45, 2.75) is 254 Å². The number of ether oxygens (including phenoxy) is 14. The molecule has 722 valence electrons. The Morgan fingerprint density at radius 3 is 0.816 bits per heavy atom. The minimum Gasteiger partial charge on any atom is -0.394 e. The van der Waals surface area contributed by atoms with Gasteiger partial charge in [0.05, 0.1) is 126 Å². The molecular formula is C81H143N9O35. The van der Waals surface area contributed by atoms with Crippen molar-refractivity contribution in [2.24, 2.45) is 5.41 Å². The lowest BCUT2D eigenvalue weighted by Gasteiger charge is -2.42. The van der Waals surface area contributed by atoms with E-state index in [1.54, 1.807) is 0 Å². The van der Waals surface area contributed by atoms with Gasteiger partial charge in [-0.1, -0.05) is 0 Å². The Balaban J connectivity index is 1.58. The fourth-order valence-corrected chi connectivity index (χ4v) is 12.9. The fourth-order valence-electron chi connectivity index (χ4n) is 12.9. The number of rotatable bonds is 75. The van der Waals surface area contributed by atoms with Crippen LogP contribution in [0.15, 0.2) is 0 Å². The van der Waals surface area contributed by atoms with E-state index in [9.17, 15) is 103 Å². The van der Waals surface area contributed by atoms with Gasteiger partial charge in [-0.25, -0.2) is 0 Å². The smallest absolute Gasteiger partial charge is 0.222 e. The molecule has 9 amide bonds. The van der Waals surface area contributed by atoms with E-state index in [0.717, 1.165) is 0 Å². The van der Waals surface area contributed by atoms with Gasteiger partial charge >= 0.3 is 0 Å². The van der Waals surface area contributed by atoms with Crippen LogP contribution in [0, 0.1) is 5.41 Å². The topological polar surface area (TPSA) is 624 Å². The number of ketones is 3. The number of carbonyl (C=O) groups is 12. The van der Waals surface area contributed by atoms with E-state index in [-0.39, 0.29) is 249 Å². The number of nitrogens with one attached hydrogen (secondary N) is 9. The van der Waals surface area contributed by atoms with Crippen LogP contribution in [0.25, 0.3) is 0 Å². The van der Waals surface area contributed by atoms with Crippen molar-refractivity contribution >= 4 is 70.5 Å². The summed E-state index contributed by atoms with van der Waals surface area (Å²) >= 11 is 0. The maximum absolute atomic E-state index is 14.0. The van der Waals surface area contributed by atoms with Gasteiger partial charge < -0.3 is 165 Å². The van der Waals surface area contributed by atoms with Crippen LogP contribution in [-0.2, 0) is 124 Å². The molecule has 15 atom stereocenters. The summed E-state index contributed by atoms with van der Waals surface area (Å²) in [4.78, 5) is 150. The Bertz CT molecular complexity index is 2820. The number of hydrogen-bond acceptors (Lipinski definition) is 35. The summed E-state index contributed by atoms with van der Waals surface area (Å²) in [5.74, 6) is -3.63.